The van der Waals surface area contributed by atoms with Crippen LogP contribution >= 0.6 is 0 Å². The molecular weight excluding hydrogens is 162 g/mol. The van der Waals surface area contributed by atoms with Crippen molar-refractivity contribution in [3.63, 3.8) is 0 Å². The van der Waals surface area contributed by atoms with Crippen LogP contribution in [0.2, 0.25) is 0 Å². The molecule has 0 aromatic heterocycles. The van der Waals surface area contributed by atoms with Gasteiger partial charge < -0.3 is 0 Å². The van der Waals surface area contributed by atoms with Crippen molar-refractivity contribution < 1.29 is 8.42 Å². The highest BCUT2D eigenvalue weighted by molar-refractivity contribution is 7.89. The summed E-state index contributed by atoms with van der Waals surface area (Å²) in [7, 11) is -3.00. The van der Waals surface area contributed by atoms with Crippen LogP contribution in [-0.2, 0) is 10.0 Å². The molecule has 0 amide bonds. The lowest BCUT2D eigenvalue weighted by molar-refractivity contribution is 0.582. The quantitative estimate of drug-likeness (QED) is 0.676. The summed E-state index contributed by atoms with van der Waals surface area (Å²) in [6, 6.07) is 0. The third kappa shape index (κ3) is 6.31. The molecule has 0 fully saturated rings. The van der Waals surface area contributed by atoms with E-state index in [9.17, 15) is 8.42 Å². The first-order valence-corrected chi connectivity index (χ1v) is 5.44. The Morgan fingerprint density at radius 2 is 2.00 bits per heavy atom. The van der Waals surface area contributed by atoms with Gasteiger partial charge in [-0.25, -0.2) is 13.1 Å². The van der Waals surface area contributed by atoms with E-state index in [1.165, 1.54) is 0 Å². The number of sulfonamides is 1. The fourth-order valence-corrected chi connectivity index (χ4v) is 1.07. The first-order chi connectivity index (χ1) is 4.98. The predicted octanol–water partition coefficient (Wildman–Crippen LogP) is 0.786. The fraction of sp³-hybridized carbons (Fsp3) is 0.857. The molecule has 0 aliphatic rings. The van der Waals surface area contributed by atoms with E-state index in [-0.39, 0.29) is 5.75 Å². The zero-order valence-corrected chi connectivity index (χ0v) is 8.11. The van der Waals surface area contributed by atoms with Crippen molar-refractivity contribution in [1.82, 2.24) is 4.72 Å². The molecular formula is C7H16NO2S. The average Bonchev–Trinajstić information content (AvgIpc) is 1.87. The van der Waals surface area contributed by atoms with E-state index in [4.69, 9.17) is 0 Å². The van der Waals surface area contributed by atoms with Gasteiger partial charge in [0, 0.05) is 6.54 Å². The van der Waals surface area contributed by atoms with Crippen molar-refractivity contribution in [2.24, 2.45) is 5.92 Å². The molecule has 0 aromatic carbocycles. The van der Waals surface area contributed by atoms with Crippen molar-refractivity contribution in [2.75, 3.05) is 12.3 Å². The van der Waals surface area contributed by atoms with E-state index < -0.39 is 10.0 Å². The van der Waals surface area contributed by atoms with Crippen LogP contribution in [0.15, 0.2) is 0 Å². The molecule has 11 heavy (non-hydrogen) atoms. The first kappa shape index (κ1) is 10.9. The van der Waals surface area contributed by atoms with E-state index in [0.717, 1.165) is 0 Å². The smallest absolute Gasteiger partial charge is 0.211 e. The van der Waals surface area contributed by atoms with E-state index in [2.05, 4.69) is 4.72 Å². The molecule has 67 valence electrons. The summed E-state index contributed by atoms with van der Waals surface area (Å²) in [5, 5.41) is 0. The predicted molar refractivity (Wildman–Crippen MR) is 46.6 cm³/mol. The second-order valence-corrected chi connectivity index (χ2v) is 4.83. The molecule has 0 heterocycles. The Kier molecular flexibility index (Phi) is 4.68. The van der Waals surface area contributed by atoms with Crippen molar-refractivity contribution in [2.45, 2.75) is 20.8 Å². The van der Waals surface area contributed by atoms with Crippen LogP contribution in [0.3, 0.4) is 0 Å². The molecule has 1 N–H and O–H groups in total. The molecule has 1 radical (unpaired) electrons. The van der Waals surface area contributed by atoms with Crippen LogP contribution in [0, 0.1) is 12.3 Å². The number of nitrogens with one attached hydrogen (secondary N) is 1. The largest absolute Gasteiger partial charge is 0.215 e. The number of hydrogen-bond acceptors (Lipinski definition) is 2. The molecule has 0 bridgehead atoms. The van der Waals surface area contributed by atoms with Gasteiger partial charge in [0.2, 0.25) is 10.0 Å². The normalized spacial score (nSPS) is 12.4. The van der Waals surface area contributed by atoms with Gasteiger partial charge in [-0.2, -0.15) is 0 Å². The van der Waals surface area contributed by atoms with Gasteiger partial charge in [0.05, 0.1) is 5.75 Å². The molecule has 0 aromatic rings. The molecule has 3 nitrogen and oxygen atoms in total. The zero-order valence-electron chi connectivity index (χ0n) is 7.29. The highest BCUT2D eigenvalue weighted by Gasteiger charge is 2.04. The minimum atomic E-state index is -3.00. The summed E-state index contributed by atoms with van der Waals surface area (Å²) < 4.78 is 24.2. The van der Waals surface area contributed by atoms with Crippen LogP contribution in [0.5, 0.6) is 0 Å². The minimum absolute atomic E-state index is 0.152. The Bertz CT molecular complexity index is 185. The maximum absolute atomic E-state index is 10.8. The van der Waals surface area contributed by atoms with Crippen LogP contribution in [0.1, 0.15) is 20.8 Å². The van der Waals surface area contributed by atoms with Gasteiger partial charge in [0.15, 0.2) is 0 Å². The van der Waals surface area contributed by atoms with Gasteiger partial charge in [-0.1, -0.05) is 13.8 Å². The Labute approximate surface area is 69.2 Å². The number of rotatable bonds is 5. The molecule has 0 aliphatic carbocycles. The highest BCUT2D eigenvalue weighted by Crippen LogP contribution is 1.95. The fourth-order valence-electron chi connectivity index (χ4n) is 0.513. The molecule has 4 heteroatoms. The summed E-state index contributed by atoms with van der Waals surface area (Å²) >= 11 is 0. The second-order valence-electron chi connectivity index (χ2n) is 2.73. The molecule has 0 aliphatic heterocycles. The summed E-state index contributed by atoms with van der Waals surface area (Å²) in [6.45, 7) is 6.09. The molecule has 0 spiro atoms. The lowest BCUT2D eigenvalue weighted by atomic mass is 10.1. The van der Waals surface area contributed by atoms with Gasteiger partial charge in [-0.15, -0.1) is 0 Å². The van der Waals surface area contributed by atoms with E-state index in [1.54, 1.807) is 6.92 Å². The lowest BCUT2D eigenvalue weighted by Crippen LogP contribution is -2.27. The molecule has 0 unspecified atom stereocenters. The zero-order chi connectivity index (χ0) is 8.91. The van der Waals surface area contributed by atoms with Crippen molar-refractivity contribution in [3.8, 4) is 0 Å². The van der Waals surface area contributed by atoms with Gasteiger partial charge in [-0.3, -0.25) is 0 Å². The van der Waals surface area contributed by atoms with Crippen LogP contribution < -0.4 is 4.72 Å². The van der Waals surface area contributed by atoms with E-state index >= 15 is 0 Å². The van der Waals surface area contributed by atoms with Gasteiger partial charge >= 0.3 is 0 Å². The third-order valence-corrected chi connectivity index (χ3v) is 2.64. The van der Waals surface area contributed by atoms with Crippen LogP contribution in [0.4, 0.5) is 0 Å². The number of hydrogen-bond donors (Lipinski definition) is 1. The van der Waals surface area contributed by atoms with Crippen molar-refractivity contribution in [3.05, 3.63) is 6.42 Å². The van der Waals surface area contributed by atoms with Crippen LogP contribution in [0.25, 0.3) is 0 Å². The Balaban J connectivity index is 3.55. The topological polar surface area (TPSA) is 46.2 Å². The van der Waals surface area contributed by atoms with Gasteiger partial charge in [0.25, 0.3) is 0 Å². The molecule has 0 saturated heterocycles. The highest BCUT2D eigenvalue weighted by atomic mass is 32.2. The van der Waals surface area contributed by atoms with E-state index in [1.807, 2.05) is 20.3 Å². The van der Waals surface area contributed by atoms with Gasteiger partial charge in [-0.05, 0) is 19.3 Å². The van der Waals surface area contributed by atoms with Crippen molar-refractivity contribution >= 4 is 10.0 Å². The third-order valence-electron chi connectivity index (χ3n) is 1.27. The maximum Gasteiger partial charge on any atom is 0.211 e. The van der Waals surface area contributed by atoms with E-state index in [0.29, 0.717) is 12.5 Å². The summed E-state index contributed by atoms with van der Waals surface area (Å²) in [5.41, 5.74) is 0. The SMILES string of the molecule is CCS(=O)(=O)NC[CH]C(C)C. The lowest BCUT2D eigenvalue weighted by Gasteiger charge is -2.05. The Morgan fingerprint density at radius 3 is 2.36 bits per heavy atom. The summed E-state index contributed by atoms with van der Waals surface area (Å²) in [4.78, 5) is 0. The second kappa shape index (κ2) is 4.72. The average molecular weight is 178 g/mol. The standard InChI is InChI=1S/C7H16NO2S/c1-4-11(9,10)8-6-5-7(2)3/h5,7-8H,4,6H2,1-3H3. The van der Waals surface area contributed by atoms with Gasteiger partial charge in [0.1, 0.15) is 0 Å². The maximum atomic E-state index is 10.8. The Morgan fingerprint density at radius 1 is 1.45 bits per heavy atom. The monoisotopic (exact) mass is 178 g/mol. The van der Waals surface area contributed by atoms with Crippen molar-refractivity contribution in [1.29, 1.82) is 0 Å². The Hall–Kier alpha value is -0.0900. The minimum Gasteiger partial charge on any atom is -0.215 e. The molecule has 0 atom stereocenters. The molecule has 0 rings (SSSR count). The summed E-state index contributed by atoms with van der Waals surface area (Å²) in [5.74, 6) is 0.577. The molecule has 0 saturated carbocycles. The van der Waals surface area contributed by atoms with Crippen LogP contribution in [-0.4, -0.2) is 20.7 Å². The first-order valence-electron chi connectivity index (χ1n) is 3.78. The summed E-state index contributed by atoms with van der Waals surface area (Å²) in [6.07, 6.45) is 1.92.